The minimum absolute atomic E-state index is 0.0211. The van der Waals surface area contributed by atoms with Crippen molar-refractivity contribution in [2.45, 2.75) is 13.0 Å². The van der Waals surface area contributed by atoms with Crippen LogP contribution in [-0.4, -0.2) is 50.7 Å². The predicted molar refractivity (Wildman–Crippen MR) is 88.4 cm³/mol. The molecule has 0 saturated carbocycles. The van der Waals surface area contributed by atoms with E-state index in [1.807, 2.05) is 30.3 Å². The van der Waals surface area contributed by atoms with E-state index in [1.165, 1.54) is 6.33 Å². The SMILES string of the molecule is C[C@@H](Nc1ncnc2c1cnn2-c1ccccc1)C(=O)N(C)C. The summed E-state index contributed by atoms with van der Waals surface area (Å²) < 4.78 is 1.75. The van der Waals surface area contributed by atoms with Crippen molar-refractivity contribution in [3.8, 4) is 5.69 Å². The van der Waals surface area contributed by atoms with Crippen molar-refractivity contribution >= 4 is 22.8 Å². The number of fused-ring (bicyclic) bond motifs is 1. The molecule has 3 rings (SSSR count). The zero-order chi connectivity index (χ0) is 16.4. The smallest absolute Gasteiger partial charge is 0.244 e. The first-order valence-electron chi connectivity index (χ1n) is 7.30. The third-order valence-corrected chi connectivity index (χ3v) is 3.53. The van der Waals surface area contributed by atoms with Gasteiger partial charge in [0.05, 0.1) is 17.3 Å². The molecule has 0 fully saturated rings. The van der Waals surface area contributed by atoms with Crippen molar-refractivity contribution in [2.24, 2.45) is 0 Å². The van der Waals surface area contributed by atoms with Crippen LogP contribution in [-0.2, 0) is 4.79 Å². The van der Waals surface area contributed by atoms with Gasteiger partial charge >= 0.3 is 0 Å². The van der Waals surface area contributed by atoms with E-state index in [0.29, 0.717) is 11.5 Å². The molecule has 7 heteroatoms. The largest absolute Gasteiger partial charge is 0.358 e. The molecule has 0 radical (unpaired) electrons. The van der Waals surface area contributed by atoms with E-state index in [-0.39, 0.29) is 11.9 Å². The van der Waals surface area contributed by atoms with Gasteiger partial charge in [0.1, 0.15) is 18.2 Å². The Kier molecular flexibility index (Phi) is 3.92. The number of carbonyl (C=O) groups is 1. The molecule has 0 aliphatic carbocycles. The number of hydrogen-bond donors (Lipinski definition) is 1. The summed E-state index contributed by atoms with van der Waals surface area (Å²) in [5.74, 6) is 0.576. The third-order valence-electron chi connectivity index (χ3n) is 3.53. The van der Waals surface area contributed by atoms with Crippen LogP contribution in [0.2, 0.25) is 0 Å². The van der Waals surface area contributed by atoms with Crippen LogP contribution >= 0.6 is 0 Å². The number of anilines is 1. The van der Waals surface area contributed by atoms with Crippen molar-refractivity contribution in [3.63, 3.8) is 0 Å². The summed E-state index contributed by atoms with van der Waals surface area (Å²) in [6, 6.07) is 9.37. The quantitative estimate of drug-likeness (QED) is 0.794. The molecule has 2 heterocycles. The Hall–Kier alpha value is -2.96. The number of hydrogen-bond acceptors (Lipinski definition) is 5. The zero-order valence-electron chi connectivity index (χ0n) is 13.3. The van der Waals surface area contributed by atoms with E-state index in [9.17, 15) is 4.79 Å². The second kappa shape index (κ2) is 6.04. The van der Waals surface area contributed by atoms with Crippen LogP contribution in [0.15, 0.2) is 42.9 Å². The second-order valence-corrected chi connectivity index (χ2v) is 5.45. The van der Waals surface area contributed by atoms with Crippen LogP contribution < -0.4 is 5.32 Å². The molecule has 118 valence electrons. The molecular weight excluding hydrogens is 292 g/mol. The lowest BCUT2D eigenvalue weighted by molar-refractivity contribution is -0.129. The Labute approximate surface area is 134 Å². The molecule has 1 aromatic carbocycles. The standard InChI is InChI=1S/C16H18N6O/c1-11(16(23)21(2)3)20-14-13-9-19-22(15(13)18-10-17-14)12-7-5-4-6-8-12/h4-11H,1-3H3,(H,17,18,20)/t11-/m1/s1. The number of aromatic nitrogens is 4. The summed E-state index contributed by atoms with van der Waals surface area (Å²) in [6.07, 6.45) is 3.18. The maximum absolute atomic E-state index is 12.0. The molecule has 0 aliphatic heterocycles. The number of benzene rings is 1. The van der Waals surface area contributed by atoms with Crippen LogP contribution in [0.4, 0.5) is 5.82 Å². The minimum atomic E-state index is -0.386. The number of nitrogens with zero attached hydrogens (tertiary/aromatic N) is 5. The fourth-order valence-electron chi connectivity index (χ4n) is 2.37. The minimum Gasteiger partial charge on any atom is -0.358 e. The highest BCUT2D eigenvalue weighted by Gasteiger charge is 2.18. The Morgan fingerprint density at radius 3 is 2.65 bits per heavy atom. The van der Waals surface area contributed by atoms with E-state index < -0.39 is 0 Å². The molecule has 0 spiro atoms. The van der Waals surface area contributed by atoms with Gasteiger partial charge in [0.25, 0.3) is 0 Å². The number of likely N-dealkylation sites (N-methyl/N-ethyl adjacent to an activating group) is 1. The van der Waals surface area contributed by atoms with Crippen LogP contribution in [0.3, 0.4) is 0 Å². The molecule has 0 unspecified atom stereocenters. The van der Waals surface area contributed by atoms with Crippen LogP contribution in [0.5, 0.6) is 0 Å². The summed E-state index contributed by atoms with van der Waals surface area (Å²) in [4.78, 5) is 22.1. The van der Waals surface area contributed by atoms with Gasteiger partial charge in [-0.05, 0) is 19.1 Å². The maximum atomic E-state index is 12.0. The Morgan fingerprint density at radius 2 is 1.96 bits per heavy atom. The van der Waals surface area contributed by atoms with Crippen molar-refractivity contribution in [1.82, 2.24) is 24.6 Å². The molecule has 23 heavy (non-hydrogen) atoms. The molecule has 1 N–H and O–H groups in total. The van der Waals surface area contributed by atoms with Gasteiger partial charge in [0.2, 0.25) is 5.91 Å². The van der Waals surface area contributed by atoms with Crippen LogP contribution in [0, 0.1) is 0 Å². The number of carbonyl (C=O) groups excluding carboxylic acids is 1. The van der Waals surface area contributed by atoms with Crippen molar-refractivity contribution in [1.29, 1.82) is 0 Å². The second-order valence-electron chi connectivity index (χ2n) is 5.45. The summed E-state index contributed by atoms with van der Waals surface area (Å²) >= 11 is 0. The van der Waals surface area contributed by atoms with Gasteiger partial charge < -0.3 is 10.2 Å². The van der Waals surface area contributed by atoms with Gasteiger partial charge in [0, 0.05) is 14.1 Å². The first-order chi connectivity index (χ1) is 11.1. The first-order valence-corrected chi connectivity index (χ1v) is 7.30. The molecule has 1 amide bonds. The van der Waals surface area contributed by atoms with E-state index >= 15 is 0 Å². The monoisotopic (exact) mass is 310 g/mol. The Morgan fingerprint density at radius 1 is 1.22 bits per heavy atom. The average molecular weight is 310 g/mol. The van der Waals surface area contributed by atoms with Crippen LogP contribution in [0.25, 0.3) is 16.7 Å². The summed E-state index contributed by atoms with van der Waals surface area (Å²) in [5, 5.41) is 8.30. The van der Waals surface area contributed by atoms with Gasteiger partial charge in [-0.25, -0.2) is 14.6 Å². The summed E-state index contributed by atoms with van der Waals surface area (Å²) in [7, 11) is 3.45. The molecule has 2 aromatic heterocycles. The lowest BCUT2D eigenvalue weighted by Crippen LogP contribution is -2.36. The van der Waals surface area contributed by atoms with Crippen molar-refractivity contribution in [2.75, 3.05) is 19.4 Å². The van der Waals surface area contributed by atoms with Gasteiger partial charge in [-0.3, -0.25) is 4.79 Å². The summed E-state index contributed by atoms with van der Waals surface area (Å²) in [6.45, 7) is 1.80. The van der Waals surface area contributed by atoms with Gasteiger partial charge in [-0.1, -0.05) is 18.2 Å². The van der Waals surface area contributed by atoms with E-state index in [1.54, 1.807) is 36.8 Å². The molecule has 3 aromatic rings. The predicted octanol–water partition coefficient (Wildman–Crippen LogP) is 1.70. The van der Waals surface area contributed by atoms with E-state index in [0.717, 1.165) is 11.1 Å². The fourth-order valence-corrected chi connectivity index (χ4v) is 2.37. The highest BCUT2D eigenvalue weighted by Crippen LogP contribution is 2.22. The molecule has 0 aliphatic rings. The lowest BCUT2D eigenvalue weighted by atomic mass is 10.3. The highest BCUT2D eigenvalue weighted by atomic mass is 16.2. The Bertz CT molecular complexity index is 827. The van der Waals surface area contributed by atoms with Crippen molar-refractivity contribution in [3.05, 3.63) is 42.9 Å². The molecule has 0 saturated heterocycles. The van der Waals surface area contributed by atoms with Gasteiger partial charge in [0.15, 0.2) is 5.65 Å². The number of para-hydroxylation sites is 1. The zero-order valence-corrected chi connectivity index (χ0v) is 13.3. The fraction of sp³-hybridized carbons (Fsp3) is 0.250. The maximum Gasteiger partial charge on any atom is 0.244 e. The van der Waals surface area contributed by atoms with E-state index in [4.69, 9.17) is 0 Å². The highest BCUT2D eigenvalue weighted by molar-refractivity contribution is 5.90. The average Bonchev–Trinajstić information content (AvgIpc) is 3.00. The number of rotatable bonds is 4. The van der Waals surface area contributed by atoms with E-state index in [2.05, 4.69) is 20.4 Å². The number of amides is 1. The molecule has 1 atom stereocenters. The van der Waals surface area contributed by atoms with Crippen molar-refractivity contribution < 1.29 is 4.79 Å². The lowest BCUT2D eigenvalue weighted by Gasteiger charge is -2.18. The van der Waals surface area contributed by atoms with Gasteiger partial charge in [-0.15, -0.1) is 0 Å². The third kappa shape index (κ3) is 2.85. The number of nitrogens with one attached hydrogen (secondary N) is 1. The normalized spacial score (nSPS) is 12.1. The first kappa shape index (κ1) is 15.0. The molecular formula is C16H18N6O. The molecule has 7 nitrogen and oxygen atoms in total. The van der Waals surface area contributed by atoms with Gasteiger partial charge in [-0.2, -0.15) is 5.10 Å². The Balaban J connectivity index is 1.98. The van der Waals surface area contributed by atoms with Crippen LogP contribution in [0.1, 0.15) is 6.92 Å². The molecule has 0 bridgehead atoms. The summed E-state index contributed by atoms with van der Waals surface area (Å²) in [5.41, 5.74) is 1.61. The topological polar surface area (TPSA) is 75.9 Å².